The SMILES string of the molecule is O=C(C1=C(c2ccccc2)SCCO1)N(Cc1ccco1)Cc1cccs1. The predicted molar refractivity (Wildman–Crippen MR) is 109 cm³/mol. The lowest BCUT2D eigenvalue weighted by atomic mass is 10.2. The van der Waals surface area contributed by atoms with Crippen molar-refractivity contribution in [3.63, 3.8) is 0 Å². The van der Waals surface area contributed by atoms with E-state index in [9.17, 15) is 4.79 Å². The van der Waals surface area contributed by atoms with Gasteiger partial charge in [0.25, 0.3) is 5.91 Å². The van der Waals surface area contributed by atoms with Gasteiger partial charge in [-0.15, -0.1) is 23.1 Å². The van der Waals surface area contributed by atoms with Crippen molar-refractivity contribution in [2.45, 2.75) is 13.1 Å². The molecule has 4 rings (SSSR count). The first-order chi connectivity index (χ1) is 13.3. The molecule has 0 N–H and O–H groups in total. The third-order valence-electron chi connectivity index (χ3n) is 4.15. The van der Waals surface area contributed by atoms with Crippen molar-refractivity contribution < 1.29 is 13.9 Å². The van der Waals surface area contributed by atoms with E-state index in [4.69, 9.17) is 9.15 Å². The van der Waals surface area contributed by atoms with Gasteiger partial charge in [0.15, 0.2) is 5.76 Å². The molecule has 138 valence electrons. The molecule has 1 amide bonds. The van der Waals surface area contributed by atoms with E-state index in [0.29, 0.717) is 25.5 Å². The lowest BCUT2D eigenvalue weighted by Gasteiger charge is -2.26. The highest BCUT2D eigenvalue weighted by molar-refractivity contribution is 8.08. The van der Waals surface area contributed by atoms with Crippen LogP contribution < -0.4 is 0 Å². The molecule has 0 radical (unpaired) electrons. The molecular weight excluding hydrogens is 378 g/mol. The summed E-state index contributed by atoms with van der Waals surface area (Å²) in [5, 5.41) is 2.02. The molecule has 0 fully saturated rings. The molecule has 0 saturated heterocycles. The molecule has 2 aromatic heterocycles. The number of amides is 1. The molecule has 0 bridgehead atoms. The summed E-state index contributed by atoms with van der Waals surface area (Å²) in [7, 11) is 0. The van der Waals surface area contributed by atoms with Crippen LogP contribution in [0.2, 0.25) is 0 Å². The number of carbonyl (C=O) groups excluding carboxylic acids is 1. The minimum Gasteiger partial charge on any atom is -0.486 e. The van der Waals surface area contributed by atoms with Gasteiger partial charge in [0, 0.05) is 10.6 Å². The summed E-state index contributed by atoms with van der Waals surface area (Å²) < 4.78 is 11.3. The molecule has 6 heteroatoms. The Bertz CT molecular complexity index is 866. The third kappa shape index (κ3) is 4.28. The number of hydrogen-bond donors (Lipinski definition) is 0. The van der Waals surface area contributed by atoms with E-state index in [-0.39, 0.29) is 5.91 Å². The number of ether oxygens (including phenoxy) is 1. The van der Waals surface area contributed by atoms with Crippen LogP contribution in [0.3, 0.4) is 0 Å². The van der Waals surface area contributed by atoms with E-state index in [2.05, 4.69) is 0 Å². The Labute approximate surface area is 166 Å². The molecule has 3 aromatic rings. The van der Waals surface area contributed by atoms with Crippen molar-refractivity contribution in [2.75, 3.05) is 12.4 Å². The van der Waals surface area contributed by atoms with Gasteiger partial charge in [-0.2, -0.15) is 0 Å². The third-order valence-corrected chi connectivity index (χ3v) is 6.10. The van der Waals surface area contributed by atoms with Gasteiger partial charge in [-0.3, -0.25) is 4.79 Å². The summed E-state index contributed by atoms with van der Waals surface area (Å²) >= 11 is 3.31. The van der Waals surface area contributed by atoms with Crippen molar-refractivity contribution in [1.82, 2.24) is 4.90 Å². The summed E-state index contributed by atoms with van der Waals surface area (Å²) in [6.07, 6.45) is 1.63. The zero-order valence-electron chi connectivity index (χ0n) is 14.7. The van der Waals surface area contributed by atoms with Gasteiger partial charge in [0.1, 0.15) is 5.76 Å². The molecular formula is C21H19NO3S2. The first kappa shape index (κ1) is 17.9. The highest BCUT2D eigenvalue weighted by Gasteiger charge is 2.28. The normalized spacial score (nSPS) is 14.1. The highest BCUT2D eigenvalue weighted by Crippen LogP contribution is 2.35. The van der Waals surface area contributed by atoms with Crippen LogP contribution in [0, 0.1) is 0 Å². The Hall–Kier alpha value is -2.44. The summed E-state index contributed by atoms with van der Waals surface area (Å²) in [5.41, 5.74) is 1.01. The second-order valence-corrected chi connectivity index (χ2v) is 8.18. The van der Waals surface area contributed by atoms with Crippen LogP contribution in [0.25, 0.3) is 4.91 Å². The maximum atomic E-state index is 13.4. The summed E-state index contributed by atoms with van der Waals surface area (Å²) in [4.78, 5) is 17.2. The fourth-order valence-electron chi connectivity index (χ4n) is 2.91. The Balaban J connectivity index is 1.67. The number of rotatable bonds is 6. The summed E-state index contributed by atoms with van der Waals surface area (Å²) in [6.45, 7) is 1.47. The van der Waals surface area contributed by atoms with Gasteiger partial charge < -0.3 is 14.1 Å². The van der Waals surface area contributed by atoms with E-state index < -0.39 is 0 Å². The Kier molecular flexibility index (Phi) is 5.65. The van der Waals surface area contributed by atoms with Crippen LogP contribution >= 0.6 is 23.1 Å². The van der Waals surface area contributed by atoms with Crippen LogP contribution in [0.15, 0.2) is 76.4 Å². The molecule has 0 spiro atoms. The van der Waals surface area contributed by atoms with Crippen molar-refractivity contribution in [2.24, 2.45) is 0 Å². The lowest BCUT2D eigenvalue weighted by molar-refractivity contribution is -0.132. The largest absolute Gasteiger partial charge is 0.486 e. The Morgan fingerprint density at radius 2 is 1.93 bits per heavy atom. The van der Waals surface area contributed by atoms with E-state index in [1.807, 2.05) is 60.0 Å². The van der Waals surface area contributed by atoms with Crippen molar-refractivity contribution in [3.05, 3.63) is 88.2 Å². The van der Waals surface area contributed by atoms with E-state index >= 15 is 0 Å². The number of benzene rings is 1. The number of nitrogens with zero attached hydrogens (tertiary/aromatic N) is 1. The topological polar surface area (TPSA) is 42.7 Å². The van der Waals surface area contributed by atoms with Crippen LogP contribution in [0.4, 0.5) is 0 Å². The van der Waals surface area contributed by atoms with Crippen molar-refractivity contribution in [3.8, 4) is 0 Å². The molecule has 1 aromatic carbocycles. The molecule has 3 heterocycles. The Morgan fingerprint density at radius 3 is 2.67 bits per heavy atom. The maximum absolute atomic E-state index is 13.4. The minimum atomic E-state index is -0.106. The van der Waals surface area contributed by atoms with Crippen LogP contribution in [0.1, 0.15) is 16.2 Å². The van der Waals surface area contributed by atoms with Crippen molar-refractivity contribution in [1.29, 1.82) is 0 Å². The molecule has 0 aliphatic carbocycles. The van der Waals surface area contributed by atoms with Crippen molar-refractivity contribution >= 4 is 33.9 Å². The zero-order valence-corrected chi connectivity index (χ0v) is 16.3. The molecule has 0 unspecified atom stereocenters. The van der Waals surface area contributed by atoms with Gasteiger partial charge in [0.2, 0.25) is 0 Å². The fraction of sp³-hybridized carbons (Fsp3) is 0.190. The highest BCUT2D eigenvalue weighted by atomic mass is 32.2. The first-order valence-electron chi connectivity index (χ1n) is 8.70. The van der Waals surface area contributed by atoms with Gasteiger partial charge in [-0.1, -0.05) is 36.4 Å². The number of thiophene rings is 1. The number of thioether (sulfide) groups is 1. The fourth-order valence-corrected chi connectivity index (χ4v) is 4.58. The molecule has 1 aliphatic heterocycles. The predicted octanol–water partition coefficient (Wildman–Crippen LogP) is 5.00. The first-order valence-corrected chi connectivity index (χ1v) is 10.6. The molecule has 1 aliphatic rings. The van der Waals surface area contributed by atoms with Gasteiger partial charge >= 0.3 is 0 Å². The number of hydrogen-bond acceptors (Lipinski definition) is 5. The van der Waals surface area contributed by atoms with E-state index in [1.54, 1.807) is 34.3 Å². The Morgan fingerprint density at radius 1 is 1.04 bits per heavy atom. The molecule has 27 heavy (non-hydrogen) atoms. The van der Waals surface area contributed by atoms with Crippen LogP contribution in [0.5, 0.6) is 0 Å². The molecule has 4 nitrogen and oxygen atoms in total. The van der Waals surface area contributed by atoms with Gasteiger partial charge in [0.05, 0.1) is 30.9 Å². The zero-order chi connectivity index (χ0) is 18.5. The number of carbonyl (C=O) groups is 1. The van der Waals surface area contributed by atoms with Gasteiger partial charge in [-0.05, 0) is 29.1 Å². The van der Waals surface area contributed by atoms with E-state index in [1.165, 1.54) is 0 Å². The average Bonchev–Trinajstić information content (AvgIpc) is 3.42. The van der Waals surface area contributed by atoms with Gasteiger partial charge in [-0.25, -0.2) is 0 Å². The smallest absolute Gasteiger partial charge is 0.290 e. The van der Waals surface area contributed by atoms with E-state index in [0.717, 1.165) is 26.9 Å². The maximum Gasteiger partial charge on any atom is 0.290 e. The van der Waals surface area contributed by atoms with Crippen LogP contribution in [-0.2, 0) is 22.6 Å². The quantitative estimate of drug-likeness (QED) is 0.587. The lowest BCUT2D eigenvalue weighted by Crippen LogP contribution is -2.33. The number of furan rings is 1. The molecule has 0 saturated carbocycles. The summed E-state index contributed by atoms with van der Waals surface area (Å²) in [6, 6.07) is 17.7. The average molecular weight is 398 g/mol. The monoisotopic (exact) mass is 397 g/mol. The second kappa shape index (κ2) is 8.50. The minimum absolute atomic E-state index is 0.106. The molecule has 0 atom stereocenters. The summed E-state index contributed by atoms with van der Waals surface area (Å²) in [5.74, 6) is 1.92. The standard InChI is InChI=1S/C21H19NO3S2/c23-21(19-20(27-13-11-25-19)16-6-2-1-3-7-16)22(14-17-8-4-10-24-17)15-18-9-5-12-26-18/h1-10,12H,11,13-15H2. The second-order valence-electron chi connectivity index (χ2n) is 6.04. The van der Waals surface area contributed by atoms with Crippen LogP contribution in [-0.4, -0.2) is 23.2 Å².